The van der Waals surface area contributed by atoms with E-state index < -0.39 is 0 Å². The topological polar surface area (TPSA) is 84.5 Å². The maximum atomic E-state index is 13.6. The summed E-state index contributed by atoms with van der Waals surface area (Å²) in [5.74, 6) is 1.09. The fraction of sp³-hybridized carbons (Fsp3) is 0.250. The molecule has 7 nitrogen and oxygen atoms in total. The molecule has 0 atom stereocenters. The van der Waals surface area contributed by atoms with Crippen LogP contribution in [0.3, 0.4) is 0 Å². The number of amides is 1. The van der Waals surface area contributed by atoms with Gasteiger partial charge in [-0.3, -0.25) is 14.6 Å². The zero-order valence-electron chi connectivity index (χ0n) is 20.0. The second-order valence-corrected chi connectivity index (χ2v) is 9.77. The number of fused-ring (bicyclic) bond motifs is 2. The molecule has 4 aromatic rings. The van der Waals surface area contributed by atoms with Crippen molar-refractivity contribution in [2.24, 2.45) is 0 Å². The Balaban J connectivity index is 1.49. The highest BCUT2D eigenvalue weighted by atomic mass is 16.7. The van der Waals surface area contributed by atoms with Crippen LogP contribution in [0.2, 0.25) is 0 Å². The van der Waals surface area contributed by atoms with Crippen LogP contribution in [0.4, 0.5) is 0 Å². The summed E-state index contributed by atoms with van der Waals surface area (Å²) in [6.07, 6.45) is 3.42. The van der Waals surface area contributed by atoms with Crippen LogP contribution in [0.1, 0.15) is 47.8 Å². The zero-order chi connectivity index (χ0) is 24.6. The first-order valence-corrected chi connectivity index (χ1v) is 11.5. The van der Waals surface area contributed by atoms with Gasteiger partial charge in [-0.25, -0.2) is 0 Å². The van der Waals surface area contributed by atoms with Crippen LogP contribution in [-0.4, -0.2) is 27.6 Å². The molecule has 1 aliphatic heterocycles. The Kier molecular flexibility index (Phi) is 5.76. The summed E-state index contributed by atoms with van der Waals surface area (Å²) in [6, 6.07) is 16.8. The number of nitrogens with one attached hydrogen (secondary N) is 1. The predicted octanol–water partition coefficient (Wildman–Crippen LogP) is 4.79. The van der Waals surface area contributed by atoms with Gasteiger partial charge in [-0.05, 0) is 46.9 Å². The van der Waals surface area contributed by atoms with E-state index in [-0.39, 0.29) is 30.2 Å². The van der Waals surface area contributed by atoms with Gasteiger partial charge in [-0.2, -0.15) is 0 Å². The Morgan fingerprint density at radius 2 is 1.77 bits per heavy atom. The fourth-order valence-corrected chi connectivity index (χ4v) is 4.17. The van der Waals surface area contributed by atoms with Gasteiger partial charge in [0.1, 0.15) is 0 Å². The van der Waals surface area contributed by atoms with Crippen LogP contribution in [-0.2, 0) is 18.5 Å². The van der Waals surface area contributed by atoms with E-state index in [1.807, 2.05) is 48.5 Å². The van der Waals surface area contributed by atoms with E-state index in [2.05, 4.69) is 30.7 Å². The van der Waals surface area contributed by atoms with Crippen molar-refractivity contribution in [2.45, 2.75) is 39.3 Å². The molecule has 0 bridgehead atoms. The molecule has 35 heavy (non-hydrogen) atoms. The molecule has 5 rings (SSSR count). The normalized spacial score (nSPS) is 12.7. The van der Waals surface area contributed by atoms with E-state index >= 15 is 0 Å². The summed E-state index contributed by atoms with van der Waals surface area (Å²) < 4.78 is 10.9. The lowest BCUT2D eigenvalue weighted by molar-refractivity contribution is 0.0729. The lowest BCUT2D eigenvalue weighted by atomic mass is 9.86. The first kappa shape index (κ1) is 22.7. The molecule has 0 aliphatic carbocycles. The largest absolute Gasteiger partial charge is 0.454 e. The molecule has 0 fully saturated rings. The van der Waals surface area contributed by atoms with Gasteiger partial charge in [0, 0.05) is 41.5 Å². The van der Waals surface area contributed by atoms with Gasteiger partial charge < -0.3 is 19.4 Å². The van der Waals surface area contributed by atoms with Crippen molar-refractivity contribution in [3.8, 4) is 11.5 Å². The minimum atomic E-state index is -0.247. The number of carbonyl (C=O) groups excluding carboxylic acids is 1. The molecular formula is C28H27N3O4. The third-order valence-corrected chi connectivity index (χ3v) is 6.16. The Morgan fingerprint density at radius 1 is 1.03 bits per heavy atom. The van der Waals surface area contributed by atoms with Crippen molar-refractivity contribution in [2.75, 3.05) is 6.79 Å². The van der Waals surface area contributed by atoms with E-state index in [1.165, 1.54) is 0 Å². The van der Waals surface area contributed by atoms with Crippen molar-refractivity contribution in [1.82, 2.24) is 14.9 Å². The van der Waals surface area contributed by atoms with E-state index in [9.17, 15) is 9.59 Å². The van der Waals surface area contributed by atoms with E-state index in [4.69, 9.17) is 9.47 Å². The standard InChI is InChI=1S/C28H27N3O4/c1-28(2,3)22-8-6-19(7-9-22)27(33)31(15-18-5-4-10-29-14-18)16-21-11-20-12-24-25(35-17-34-24)13-23(20)30-26(21)32/h4-14H,15-17H2,1-3H3,(H,30,32). The monoisotopic (exact) mass is 469 g/mol. The van der Waals surface area contributed by atoms with Crippen molar-refractivity contribution in [3.63, 3.8) is 0 Å². The number of aromatic amines is 1. The second-order valence-electron chi connectivity index (χ2n) is 9.77. The van der Waals surface area contributed by atoms with E-state index in [0.29, 0.717) is 34.7 Å². The number of hydrogen-bond donors (Lipinski definition) is 1. The molecule has 2 aromatic carbocycles. The number of ether oxygens (including phenoxy) is 2. The second kappa shape index (κ2) is 8.91. The fourth-order valence-electron chi connectivity index (χ4n) is 4.17. The Bertz CT molecular complexity index is 1440. The Morgan fingerprint density at radius 3 is 2.46 bits per heavy atom. The van der Waals surface area contributed by atoms with E-state index in [1.54, 1.807) is 23.4 Å². The smallest absolute Gasteiger partial charge is 0.254 e. The molecule has 0 unspecified atom stereocenters. The summed E-state index contributed by atoms with van der Waals surface area (Å²) in [5, 5.41) is 0.812. The summed E-state index contributed by atoms with van der Waals surface area (Å²) in [5.41, 5.74) is 3.49. The quantitative estimate of drug-likeness (QED) is 0.454. The number of nitrogens with zero attached hydrogens (tertiary/aromatic N) is 2. The maximum Gasteiger partial charge on any atom is 0.254 e. The molecule has 1 aliphatic rings. The predicted molar refractivity (Wildman–Crippen MR) is 134 cm³/mol. The molecule has 178 valence electrons. The molecular weight excluding hydrogens is 442 g/mol. The number of pyridine rings is 2. The van der Waals surface area contributed by atoms with Gasteiger partial charge in [-0.15, -0.1) is 0 Å². The number of benzene rings is 2. The Hall–Kier alpha value is -4.13. The molecule has 2 aromatic heterocycles. The lowest BCUT2D eigenvalue weighted by Gasteiger charge is -2.24. The average molecular weight is 470 g/mol. The first-order valence-electron chi connectivity index (χ1n) is 11.5. The highest BCUT2D eigenvalue weighted by molar-refractivity contribution is 5.94. The van der Waals surface area contributed by atoms with Gasteiger partial charge in [0.05, 0.1) is 12.1 Å². The van der Waals surface area contributed by atoms with Crippen LogP contribution in [0.15, 0.2) is 71.8 Å². The van der Waals surface area contributed by atoms with Gasteiger partial charge in [0.2, 0.25) is 6.79 Å². The molecule has 0 radical (unpaired) electrons. The van der Waals surface area contributed by atoms with Crippen LogP contribution in [0, 0.1) is 0 Å². The highest BCUT2D eigenvalue weighted by Crippen LogP contribution is 2.35. The average Bonchev–Trinajstić information content (AvgIpc) is 3.29. The van der Waals surface area contributed by atoms with Crippen LogP contribution < -0.4 is 15.0 Å². The zero-order valence-corrected chi connectivity index (χ0v) is 20.0. The highest BCUT2D eigenvalue weighted by Gasteiger charge is 2.21. The molecule has 0 spiro atoms. The molecule has 0 saturated heterocycles. The summed E-state index contributed by atoms with van der Waals surface area (Å²) in [4.78, 5) is 35.3. The summed E-state index contributed by atoms with van der Waals surface area (Å²) in [7, 11) is 0. The van der Waals surface area contributed by atoms with Gasteiger partial charge in [0.15, 0.2) is 11.5 Å². The van der Waals surface area contributed by atoms with Crippen LogP contribution in [0.5, 0.6) is 11.5 Å². The number of rotatable bonds is 5. The van der Waals surface area contributed by atoms with Crippen molar-refractivity contribution < 1.29 is 14.3 Å². The maximum absolute atomic E-state index is 13.6. The lowest BCUT2D eigenvalue weighted by Crippen LogP contribution is -2.32. The van der Waals surface area contributed by atoms with Gasteiger partial charge in [0.25, 0.3) is 11.5 Å². The number of carbonyl (C=O) groups is 1. The minimum absolute atomic E-state index is 0.00963. The third kappa shape index (κ3) is 4.75. The van der Waals surface area contributed by atoms with Gasteiger partial charge >= 0.3 is 0 Å². The van der Waals surface area contributed by atoms with Crippen molar-refractivity contribution in [1.29, 1.82) is 0 Å². The minimum Gasteiger partial charge on any atom is -0.454 e. The van der Waals surface area contributed by atoms with Crippen molar-refractivity contribution >= 4 is 16.8 Å². The third-order valence-electron chi connectivity index (χ3n) is 6.16. The summed E-state index contributed by atoms with van der Waals surface area (Å²) in [6.45, 7) is 7.04. The number of H-pyrrole nitrogens is 1. The molecule has 7 heteroatoms. The van der Waals surface area contributed by atoms with Crippen LogP contribution >= 0.6 is 0 Å². The van der Waals surface area contributed by atoms with Crippen molar-refractivity contribution in [3.05, 3.63) is 99.6 Å². The van der Waals surface area contributed by atoms with Gasteiger partial charge in [-0.1, -0.05) is 39.0 Å². The van der Waals surface area contributed by atoms with E-state index in [0.717, 1.165) is 16.5 Å². The molecule has 3 heterocycles. The molecule has 0 saturated carbocycles. The molecule has 1 amide bonds. The summed E-state index contributed by atoms with van der Waals surface area (Å²) >= 11 is 0. The van der Waals surface area contributed by atoms with Crippen LogP contribution in [0.25, 0.3) is 10.9 Å². The Labute approximate surface area is 203 Å². The molecule has 1 N–H and O–H groups in total. The SMILES string of the molecule is CC(C)(C)c1ccc(C(=O)N(Cc2cccnc2)Cc2cc3cc4c(cc3[nH]c2=O)OCO4)cc1. The first-order chi connectivity index (χ1) is 16.8. The number of hydrogen-bond acceptors (Lipinski definition) is 5. The number of aromatic nitrogens is 2.